The first-order valence-corrected chi connectivity index (χ1v) is 4.85. The van der Waals surface area contributed by atoms with Crippen LogP contribution < -0.4 is 0 Å². The molecule has 0 radical (unpaired) electrons. The van der Waals surface area contributed by atoms with Gasteiger partial charge < -0.3 is 4.57 Å². The summed E-state index contributed by atoms with van der Waals surface area (Å²) in [6, 6.07) is 7.87. The lowest BCUT2D eigenvalue weighted by Gasteiger charge is -2.06. The number of aryl methyl sites for hydroxylation is 1. The van der Waals surface area contributed by atoms with Gasteiger partial charge in [-0.05, 0) is 18.6 Å². The Labute approximate surface area is 88.2 Å². The van der Waals surface area contributed by atoms with Crippen LogP contribution in [-0.4, -0.2) is 9.55 Å². The smallest absolute Gasteiger partial charge is 0.0951 e. The molecule has 0 N–H and O–H groups in total. The molecule has 72 valence electrons. The van der Waals surface area contributed by atoms with E-state index in [1.807, 2.05) is 43.7 Å². The molecular formula is C11H11ClN2. The quantitative estimate of drug-likeness (QED) is 0.739. The molecule has 0 saturated carbocycles. The van der Waals surface area contributed by atoms with Gasteiger partial charge >= 0.3 is 0 Å². The molecule has 3 heteroatoms. The molecule has 2 aromatic rings. The first-order chi connectivity index (χ1) is 6.77. The first kappa shape index (κ1) is 9.28. The summed E-state index contributed by atoms with van der Waals surface area (Å²) in [7, 11) is 0. The lowest BCUT2D eigenvalue weighted by molar-refractivity contribution is 0.770. The second-order valence-electron chi connectivity index (χ2n) is 3.25. The van der Waals surface area contributed by atoms with Crippen molar-refractivity contribution in [2.75, 3.05) is 0 Å². The molecule has 0 fully saturated rings. The zero-order chi connectivity index (χ0) is 9.97. The molecule has 0 aliphatic heterocycles. The minimum absolute atomic E-state index is 0.783. The van der Waals surface area contributed by atoms with Crippen molar-refractivity contribution in [3.63, 3.8) is 0 Å². The van der Waals surface area contributed by atoms with Gasteiger partial charge in [-0.2, -0.15) is 0 Å². The SMILES string of the molecule is Cc1cncn1Cc1ccccc1Cl. The first-order valence-electron chi connectivity index (χ1n) is 4.47. The molecule has 0 aliphatic carbocycles. The highest BCUT2D eigenvalue weighted by atomic mass is 35.5. The normalized spacial score (nSPS) is 10.4. The lowest BCUT2D eigenvalue weighted by Crippen LogP contribution is -2.00. The van der Waals surface area contributed by atoms with E-state index < -0.39 is 0 Å². The highest BCUT2D eigenvalue weighted by Crippen LogP contribution is 2.16. The number of imidazole rings is 1. The molecule has 0 spiro atoms. The van der Waals surface area contributed by atoms with E-state index >= 15 is 0 Å². The Balaban J connectivity index is 2.28. The van der Waals surface area contributed by atoms with Crippen LogP contribution in [0, 0.1) is 6.92 Å². The van der Waals surface area contributed by atoms with Crippen molar-refractivity contribution < 1.29 is 0 Å². The summed E-state index contributed by atoms with van der Waals surface area (Å²) in [4.78, 5) is 4.07. The van der Waals surface area contributed by atoms with Gasteiger partial charge in [0.05, 0.1) is 12.9 Å². The summed E-state index contributed by atoms with van der Waals surface area (Å²) in [6.07, 6.45) is 3.66. The van der Waals surface area contributed by atoms with Gasteiger partial charge in [0, 0.05) is 16.9 Å². The van der Waals surface area contributed by atoms with Crippen molar-refractivity contribution in [3.05, 3.63) is 53.1 Å². The Bertz CT molecular complexity index is 434. The molecule has 14 heavy (non-hydrogen) atoms. The van der Waals surface area contributed by atoms with E-state index in [2.05, 4.69) is 9.55 Å². The predicted octanol–water partition coefficient (Wildman–Crippen LogP) is 2.89. The van der Waals surface area contributed by atoms with Gasteiger partial charge in [0.25, 0.3) is 0 Å². The Morgan fingerprint density at radius 2 is 2.14 bits per heavy atom. The Kier molecular flexibility index (Phi) is 2.55. The van der Waals surface area contributed by atoms with Crippen LogP contribution >= 0.6 is 11.6 Å². The second-order valence-corrected chi connectivity index (χ2v) is 3.66. The van der Waals surface area contributed by atoms with Crippen molar-refractivity contribution >= 4 is 11.6 Å². The molecule has 1 aromatic heterocycles. The number of nitrogens with zero attached hydrogens (tertiary/aromatic N) is 2. The van der Waals surface area contributed by atoms with E-state index in [-0.39, 0.29) is 0 Å². The third kappa shape index (κ3) is 1.80. The third-order valence-corrected chi connectivity index (χ3v) is 2.59. The standard InChI is InChI=1S/C11H11ClN2/c1-9-6-13-8-14(9)7-10-4-2-3-5-11(10)12/h2-6,8H,7H2,1H3. The van der Waals surface area contributed by atoms with Gasteiger partial charge in [-0.1, -0.05) is 29.8 Å². The largest absolute Gasteiger partial charge is 0.330 e. The Morgan fingerprint density at radius 3 is 2.79 bits per heavy atom. The minimum atomic E-state index is 0.783. The average molecular weight is 207 g/mol. The fourth-order valence-electron chi connectivity index (χ4n) is 1.36. The molecule has 2 nitrogen and oxygen atoms in total. The third-order valence-electron chi connectivity index (χ3n) is 2.22. The maximum absolute atomic E-state index is 6.06. The van der Waals surface area contributed by atoms with E-state index in [1.165, 1.54) is 0 Å². The lowest BCUT2D eigenvalue weighted by atomic mass is 10.2. The summed E-state index contributed by atoms with van der Waals surface area (Å²) < 4.78 is 2.07. The van der Waals surface area contributed by atoms with Crippen LogP contribution in [0.5, 0.6) is 0 Å². The number of aromatic nitrogens is 2. The highest BCUT2D eigenvalue weighted by Gasteiger charge is 2.01. The monoisotopic (exact) mass is 206 g/mol. The van der Waals surface area contributed by atoms with Crippen molar-refractivity contribution in [1.82, 2.24) is 9.55 Å². The molecule has 1 aromatic carbocycles. The molecule has 2 rings (SSSR count). The molecule has 1 heterocycles. The van der Waals surface area contributed by atoms with Crippen LogP contribution in [0.3, 0.4) is 0 Å². The summed E-state index contributed by atoms with van der Waals surface area (Å²) in [5.41, 5.74) is 2.26. The van der Waals surface area contributed by atoms with Crippen molar-refractivity contribution in [3.8, 4) is 0 Å². The van der Waals surface area contributed by atoms with Crippen LogP contribution in [-0.2, 0) is 6.54 Å². The van der Waals surface area contributed by atoms with Crippen molar-refractivity contribution in [1.29, 1.82) is 0 Å². The fourth-order valence-corrected chi connectivity index (χ4v) is 1.56. The zero-order valence-electron chi connectivity index (χ0n) is 7.94. The van der Waals surface area contributed by atoms with E-state index in [4.69, 9.17) is 11.6 Å². The molecule has 0 saturated heterocycles. The van der Waals surface area contributed by atoms with Crippen LogP contribution in [0.25, 0.3) is 0 Å². The number of hydrogen-bond acceptors (Lipinski definition) is 1. The van der Waals surface area contributed by atoms with Gasteiger partial charge in [0.2, 0.25) is 0 Å². The van der Waals surface area contributed by atoms with Crippen molar-refractivity contribution in [2.24, 2.45) is 0 Å². The predicted molar refractivity (Wildman–Crippen MR) is 57.5 cm³/mol. The molecule has 0 amide bonds. The average Bonchev–Trinajstić information content (AvgIpc) is 2.56. The maximum atomic E-state index is 6.06. The second kappa shape index (κ2) is 3.84. The van der Waals surface area contributed by atoms with Gasteiger partial charge in [0.15, 0.2) is 0 Å². The van der Waals surface area contributed by atoms with Crippen LogP contribution in [0.1, 0.15) is 11.3 Å². The molecule has 0 atom stereocenters. The van der Waals surface area contributed by atoms with Crippen LogP contribution in [0.15, 0.2) is 36.8 Å². The Hall–Kier alpha value is -1.28. The van der Waals surface area contributed by atoms with E-state index in [0.29, 0.717) is 0 Å². The summed E-state index contributed by atoms with van der Waals surface area (Å²) in [5.74, 6) is 0. The number of halogens is 1. The van der Waals surface area contributed by atoms with Gasteiger partial charge in [-0.25, -0.2) is 4.98 Å². The Morgan fingerprint density at radius 1 is 1.36 bits per heavy atom. The number of hydrogen-bond donors (Lipinski definition) is 0. The van der Waals surface area contributed by atoms with Crippen LogP contribution in [0.4, 0.5) is 0 Å². The molecule has 0 aliphatic rings. The van der Waals surface area contributed by atoms with Crippen LogP contribution in [0.2, 0.25) is 5.02 Å². The van der Waals surface area contributed by atoms with Gasteiger partial charge in [-0.15, -0.1) is 0 Å². The van der Waals surface area contributed by atoms with E-state index in [1.54, 1.807) is 0 Å². The summed E-state index contributed by atoms with van der Waals surface area (Å²) in [6.45, 7) is 2.81. The number of rotatable bonds is 2. The minimum Gasteiger partial charge on any atom is -0.330 e. The summed E-state index contributed by atoms with van der Waals surface area (Å²) in [5, 5.41) is 0.806. The summed E-state index contributed by atoms with van der Waals surface area (Å²) >= 11 is 6.06. The number of benzene rings is 1. The van der Waals surface area contributed by atoms with Gasteiger partial charge in [0.1, 0.15) is 0 Å². The fraction of sp³-hybridized carbons (Fsp3) is 0.182. The van der Waals surface area contributed by atoms with E-state index in [9.17, 15) is 0 Å². The molecule has 0 bridgehead atoms. The maximum Gasteiger partial charge on any atom is 0.0951 e. The topological polar surface area (TPSA) is 17.8 Å². The highest BCUT2D eigenvalue weighted by molar-refractivity contribution is 6.31. The molecule has 0 unspecified atom stereocenters. The van der Waals surface area contributed by atoms with Crippen molar-refractivity contribution in [2.45, 2.75) is 13.5 Å². The van der Waals surface area contributed by atoms with E-state index in [0.717, 1.165) is 22.8 Å². The van der Waals surface area contributed by atoms with Gasteiger partial charge in [-0.3, -0.25) is 0 Å². The zero-order valence-corrected chi connectivity index (χ0v) is 8.70. The molecular weight excluding hydrogens is 196 g/mol.